The van der Waals surface area contributed by atoms with E-state index in [-0.39, 0.29) is 17.6 Å². The molecule has 2 aromatic rings. The van der Waals surface area contributed by atoms with Gasteiger partial charge in [0.2, 0.25) is 0 Å². The van der Waals surface area contributed by atoms with Crippen LogP contribution in [0.4, 0.5) is 26.3 Å². The molecular weight excluding hydrogens is 574 g/mol. The summed E-state index contributed by atoms with van der Waals surface area (Å²) in [4.78, 5) is 22.5. The number of likely N-dealkylation sites (tertiary alicyclic amines) is 1. The van der Waals surface area contributed by atoms with Crippen molar-refractivity contribution in [1.29, 1.82) is 0 Å². The first-order chi connectivity index (χ1) is 19.5. The fraction of sp³-hybridized carbons (Fsp3) is 0.500. The van der Waals surface area contributed by atoms with Crippen molar-refractivity contribution in [2.45, 2.75) is 55.7 Å². The van der Waals surface area contributed by atoms with Gasteiger partial charge in [-0.25, -0.2) is 9.59 Å². The van der Waals surface area contributed by atoms with Crippen molar-refractivity contribution in [3.8, 4) is 5.75 Å². The smallest absolute Gasteiger partial charge is 0.490 e. The number of aliphatic hydroxyl groups excluding tert-OH is 1. The number of rotatable bonds is 3. The van der Waals surface area contributed by atoms with Gasteiger partial charge in [-0.2, -0.15) is 26.3 Å². The summed E-state index contributed by atoms with van der Waals surface area (Å²) in [7, 11) is 4.16. The molecule has 0 amide bonds. The number of carboxylic acids is 2. The van der Waals surface area contributed by atoms with Crippen LogP contribution in [-0.2, 0) is 28.0 Å². The number of piperidine rings is 1. The maximum absolute atomic E-state index is 11.4. The second-order valence-electron chi connectivity index (χ2n) is 10.5. The summed E-state index contributed by atoms with van der Waals surface area (Å²) in [6.07, 6.45) is -7.44. The molecule has 8 nitrogen and oxygen atoms in total. The first-order valence-electron chi connectivity index (χ1n) is 13.0. The molecule has 1 spiro atoms. The fourth-order valence-electron chi connectivity index (χ4n) is 5.67. The number of aliphatic carboxylic acids is 2. The molecule has 0 aromatic heterocycles. The largest absolute Gasteiger partial charge is 0.493 e. The minimum absolute atomic E-state index is 0.0967. The lowest BCUT2D eigenvalue weighted by molar-refractivity contribution is -0.193. The van der Waals surface area contributed by atoms with Crippen LogP contribution in [-0.4, -0.2) is 89.3 Å². The zero-order chi connectivity index (χ0) is 31.5. The third kappa shape index (κ3) is 7.53. The molecule has 2 heterocycles. The molecule has 1 aliphatic carbocycles. The van der Waals surface area contributed by atoms with Crippen LogP contribution in [0.25, 0.3) is 0 Å². The molecule has 1 fully saturated rings. The van der Waals surface area contributed by atoms with E-state index in [2.05, 4.69) is 66.4 Å². The Kier molecular flexibility index (Phi) is 10.2. The highest BCUT2D eigenvalue weighted by molar-refractivity contribution is 5.73. The topological polar surface area (TPSA) is 111 Å². The zero-order valence-corrected chi connectivity index (χ0v) is 22.9. The van der Waals surface area contributed by atoms with E-state index in [9.17, 15) is 31.4 Å². The number of fused-ring (bicyclic) bond motifs is 3. The van der Waals surface area contributed by atoms with Gasteiger partial charge < -0.3 is 25.0 Å². The van der Waals surface area contributed by atoms with Crippen molar-refractivity contribution in [3.63, 3.8) is 0 Å². The molecule has 42 heavy (non-hydrogen) atoms. The van der Waals surface area contributed by atoms with Crippen LogP contribution < -0.4 is 4.74 Å². The van der Waals surface area contributed by atoms with Crippen molar-refractivity contribution in [1.82, 2.24) is 9.80 Å². The molecule has 5 rings (SSSR count). The van der Waals surface area contributed by atoms with E-state index in [4.69, 9.17) is 24.5 Å². The number of hydrogen-bond donors (Lipinski definition) is 3. The molecule has 14 heteroatoms. The predicted molar refractivity (Wildman–Crippen MR) is 138 cm³/mol. The van der Waals surface area contributed by atoms with Gasteiger partial charge in [0, 0.05) is 18.4 Å². The molecular formula is C28H32F6N2O6. The Bertz CT molecular complexity index is 1230. The van der Waals surface area contributed by atoms with E-state index >= 15 is 0 Å². The summed E-state index contributed by atoms with van der Waals surface area (Å²) in [5.41, 5.74) is 5.30. The van der Waals surface area contributed by atoms with Crippen molar-refractivity contribution >= 4 is 11.9 Å². The Hall–Kier alpha value is -3.36. The summed E-state index contributed by atoms with van der Waals surface area (Å²) in [6, 6.07) is 15.4. The number of alkyl halides is 6. The van der Waals surface area contributed by atoms with Crippen molar-refractivity contribution in [2.75, 3.05) is 33.8 Å². The van der Waals surface area contributed by atoms with Gasteiger partial charge >= 0.3 is 24.3 Å². The minimum Gasteiger partial charge on any atom is -0.493 e. The standard InChI is InChI=1S/C24H30N2O2.2C2HF3O2/c1-25(2)22-19-5-3-4-6-20(19)24(23(22)27)10-12-26(13-11-24)16-17-7-8-21-18(15-17)9-14-28-21;2*3-2(4,5)1(6)7/h3-8,15,22-23,27H,9-14,16H2,1-2H3;2*(H,6,7)/t22-,23+;;/m1../s1. The summed E-state index contributed by atoms with van der Waals surface area (Å²) in [5.74, 6) is -4.46. The number of ether oxygens (including phenoxy) is 1. The van der Waals surface area contributed by atoms with E-state index < -0.39 is 24.3 Å². The lowest BCUT2D eigenvalue weighted by Gasteiger charge is -2.43. The molecule has 0 radical (unpaired) electrons. The Balaban J connectivity index is 0.000000289. The van der Waals surface area contributed by atoms with Crippen LogP contribution in [0.5, 0.6) is 5.75 Å². The molecule has 232 valence electrons. The number of carboxylic acid groups (broad SMARTS) is 2. The van der Waals surface area contributed by atoms with Crippen LogP contribution in [0.1, 0.15) is 41.1 Å². The number of benzene rings is 2. The van der Waals surface area contributed by atoms with Gasteiger partial charge in [-0.15, -0.1) is 0 Å². The van der Waals surface area contributed by atoms with E-state index in [1.165, 1.54) is 22.3 Å². The number of carbonyl (C=O) groups is 2. The Morgan fingerprint density at radius 3 is 2.05 bits per heavy atom. The van der Waals surface area contributed by atoms with E-state index in [0.29, 0.717) is 0 Å². The van der Waals surface area contributed by atoms with Crippen LogP contribution in [0.2, 0.25) is 0 Å². The number of nitrogens with zero attached hydrogens (tertiary/aromatic N) is 2. The number of likely N-dealkylation sites (N-methyl/N-ethyl adjacent to an activating group) is 1. The van der Waals surface area contributed by atoms with E-state index in [0.717, 1.165) is 51.3 Å². The molecule has 2 atom stereocenters. The van der Waals surface area contributed by atoms with Gasteiger partial charge in [0.15, 0.2) is 0 Å². The van der Waals surface area contributed by atoms with Crippen LogP contribution in [0.3, 0.4) is 0 Å². The second kappa shape index (κ2) is 12.9. The maximum atomic E-state index is 11.4. The minimum atomic E-state index is -5.08. The SMILES string of the molecule is CN(C)[C@@H]1c2ccccc2C2(CCN(Cc3ccc4c(c3)CCO4)CC2)[C@H]1O.O=C(O)C(F)(F)F.O=C(O)C(F)(F)F. The first kappa shape index (κ1) is 33.1. The Labute approximate surface area is 238 Å². The summed E-state index contributed by atoms with van der Waals surface area (Å²) >= 11 is 0. The lowest BCUT2D eigenvalue weighted by Crippen LogP contribution is -2.49. The van der Waals surface area contributed by atoms with Crippen molar-refractivity contribution in [2.24, 2.45) is 0 Å². The highest BCUT2D eigenvalue weighted by Crippen LogP contribution is 2.52. The van der Waals surface area contributed by atoms with Gasteiger partial charge in [-0.1, -0.05) is 36.4 Å². The lowest BCUT2D eigenvalue weighted by atomic mass is 9.72. The third-order valence-corrected chi connectivity index (χ3v) is 7.63. The maximum Gasteiger partial charge on any atom is 0.490 e. The van der Waals surface area contributed by atoms with Crippen molar-refractivity contribution < 1.29 is 56.0 Å². The van der Waals surface area contributed by atoms with Crippen molar-refractivity contribution in [3.05, 3.63) is 64.7 Å². The molecule has 3 N–H and O–H groups in total. The van der Waals surface area contributed by atoms with Gasteiger partial charge in [-0.05, 0) is 68.3 Å². The van der Waals surface area contributed by atoms with Gasteiger partial charge in [0.1, 0.15) is 5.75 Å². The number of aliphatic hydroxyl groups is 1. The number of hydrogen-bond acceptors (Lipinski definition) is 6. The Morgan fingerprint density at radius 2 is 1.52 bits per heavy atom. The zero-order valence-electron chi connectivity index (χ0n) is 22.9. The monoisotopic (exact) mass is 606 g/mol. The summed E-state index contributed by atoms with van der Waals surface area (Å²) in [6.45, 7) is 3.85. The van der Waals surface area contributed by atoms with E-state index in [1.807, 2.05) is 0 Å². The molecule has 0 saturated carbocycles. The molecule has 0 bridgehead atoms. The van der Waals surface area contributed by atoms with Crippen LogP contribution in [0.15, 0.2) is 42.5 Å². The third-order valence-electron chi connectivity index (χ3n) is 7.63. The van der Waals surface area contributed by atoms with Gasteiger partial charge in [0.05, 0.1) is 18.8 Å². The van der Waals surface area contributed by atoms with Gasteiger partial charge in [0.25, 0.3) is 0 Å². The average molecular weight is 607 g/mol. The predicted octanol–water partition coefficient (Wildman–Crippen LogP) is 4.40. The fourth-order valence-corrected chi connectivity index (χ4v) is 5.67. The van der Waals surface area contributed by atoms with E-state index in [1.54, 1.807) is 0 Å². The summed E-state index contributed by atoms with van der Waals surface area (Å²) in [5, 5.41) is 25.6. The normalized spacial score (nSPS) is 20.9. The quantitative estimate of drug-likeness (QED) is 0.442. The summed E-state index contributed by atoms with van der Waals surface area (Å²) < 4.78 is 69.1. The first-order valence-corrected chi connectivity index (χ1v) is 13.0. The highest BCUT2D eigenvalue weighted by atomic mass is 19.4. The highest BCUT2D eigenvalue weighted by Gasteiger charge is 2.53. The molecule has 2 aliphatic heterocycles. The van der Waals surface area contributed by atoms with Crippen LogP contribution >= 0.6 is 0 Å². The van der Waals surface area contributed by atoms with Crippen LogP contribution in [0, 0.1) is 0 Å². The molecule has 3 aliphatic rings. The second-order valence-corrected chi connectivity index (χ2v) is 10.5. The Morgan fingerprint density at radius 1 is 0.976 bits per heavy atom. The average Bonchev–Trinajstić information content (AvgIpc) is 3.46. The molecule has 2 aromatic carbocycles. The number of halogens is 6. The van der Waals surface area contributed by atoms with Gasteiger partial charge in [-0.3, -0.25) is 4.90 Å². The molecule has 0 unspecified atom stereocenters. The molecule has 1 saturated heterocycles.